The highest BCUT2D eigenvalue weighted by Gasteiger charge is 2.31. The minimum absolute atomic E-state index is 0.0666. The van der Waals surface area contributed by atoms with E-state index in [1.54, 1.807) is 12.1 Å². The van der Waals surface area contributed by atoms with Crippen LogP contribution in [-0.2, 0) is 14.9 Å². The molecule has 19 heavy (non-hydrogen) atoms. The first-order valence-electron chi connectivity index (χ1n) is 6.32. The summed E-state index contributed by atoms with van der Waals surface area (Å²) in [5, 5.41) is 3.39. The maximum absolute atomic E-state index is 10.5. The first-order valence-corrected chi connectivity index (χ1v) is 7.76. The summed E-state index contributed by atoms with van der Waals surface area (Å²) in [6.45, 7) is 4.99. The van der Waals surface area contributed by atoms with Crippen LogP contribution in [0.3, 0.4) is 0 Å². The van der Waals surface area contributed by atoms with E-state index in [1.807, 2.05) is 6.92 Å². The minimum Gasteiger partial charge on any atom is -0.379 e. The summed E-state index contributed by atoms with van der Waals surface area (Å²) in [4.78, 5) is -0.0666. The van der Waals surface area contributed by atoms with E-state index < -0.39 is 10.1 Å². The topological polar surface area (TPSA) is 75.6 Å². The summed E-state index contributed by atoms with van der Waals surface area (Å²) >= 11 is 0. The van der Waals surface area contributed by atoms with Gasteiger partial charge in [-0.1, -0.05) is 17.7 Å². The molecular weight excluding hydrogens is 266 g/mol. The van der Waals surface area contributed by atoms with Crippen LogP contribution in [0.4, 0.5) is 0 Å². The van der Waals surface area contributed by atoms with E-state index >= 15 is 0 Å². The molecule has 2 atom stereocenters. The van der Waals surface area contributed by atoms with Crippen LogP contribution in [-0.4, -0.2) is 38.8 Å². The zero-order chi connectivity index (χ0) is 13.9. The second kappa shape index (κ2) is 6.00. The van der Waals surface area contributed by atoms with E-state index in [1.165, 1.54) is 25.1 Å². The van der Waals surface area contributed by atoms with Gasteiger partial charge in [-0.05, 0) is 32.0 Å². The van der Waals surface area contributed by atoms with E-state index in [2.05, 4.69) is 5.32 Å². The molecule has 2 N–H and O–H groups in total. The molecule has 2 fully saturated rings. The van der Waals surface area contributed by atoms with Crippen molar-refractivity contribution < 1.29 is 17.7 Å². The quantitative estimate of drug-likeness (QED) is 0.759. The highest BCUT2D eigenvalue weighted by Crippen LogP contribution is 2.21. The largest absolute Gasteiger partial charge is 0.379 e. The first kappa shape index (κ1) is 14.5. The zero-order valence-electron chi connectivity index (χ0n) is 10.9. The number of benzene rings is 1. The number of fused-ring (bicyclic) bond motifs is 1. The highest BCUT2D eigenvalue weighted by atomic mass is 32.2. The molecule has 1 aromatic carbocycles. The Labute approximate surface area is 113 Å². The molecule has 0 saturated carbocycles. The third-order valence-electron chi connectivity index (χ3n) is 3.44. The molecular formula is C13H19NO4S. The Kier molecular flexibility index (Phi) is 4.57. The fourth-order valence-corrected chi connectivity index (χ4v) is 2.75. The van der Waals surface area contributed by atoms with Crippen molar-refractivity contribution in [1.82, 2.24) is 5.32 Å². The lowest BCUT2D eigenvalue weighted by Gasteiger charge is -2.02. The Bertz CT molecular complexity index is 492. The molecule has 5 nitrogen and oxygen atoms in total. The second-order valence-corrected chi connectivity index (χ2v) is 6.36. The molecule has 0 aliphatic carbocycles. The maximum atomic E-state index is 10.5. The Hall–Kier alpha value is -0.950. The summed E-state index contributed by atoms with van der Waals surface area (Å²) in [5.41, 5.74) is 0.956. The van der Waals surface area contributed by atoms with Crippen LogP contribution in [0.25, 0.3) is 0 Å². The lowest BCUT2D eigenvalue weighted by Crippen LogP contribution is -2.25. The number of rotatable bonds is 1. The zero-order valence-corrected chi connectivity index (χ0v) is 11.7. The molecule has 2 aliphatic rings. The van der Waals surface area contributed by atoms with E-state index in [9.17, 15) is 8.42 Å². The third-order valence-corrected chi connectivity index (χ3v) is 4.31. The Morgan fingerprint density at radius 3 is 2.53 bits per heavy atom. The second-order valence-electron chi connectivity index (χ2n) is 4.93. The van der Waals surface area contributed by atoms with Gasteiger partial charge in [0.05, 0.1) is 18.1 Å². The van der Waals surface area contributed by atoms with Crippen LogP contribution >= 0.6 is 0 Å². The molecule has 0 spiro atoms. The van der Waals surface area contributed by atoms with Gasteiger partial charge in [0.1, 0.15) is 0 Å². The molecule has 0 amide bonds. The van der Waals surface area contributed by atoms with Crippen molar-refractivity contribution in [3.05, 3.63) is 29.8 Å². The number of hydrogen-bond acceptors (Lipinski definition) is 4. The molecule has 6 heteroatoms. The summed E-state index contributed by atoms with van der Waals surface area (Å²) in [6, 6.07) is 6.69. The van der Waals surface area contributed by atoms with Crippen molar-refractivity contribution in [3.63, 3.8) is 0 Å². The lowest BCUT2D eigenvalue weighted by atomic mass is 10.1. The maximum Gasteiger partial charge on any atom is 0.294 e. The van der Waals surface area contributed by atoms with Crippen molar-refractivity contribution in [1.29, 1.82) is 0 Å². The van der Waals surface area contributed by atoms with Gasteiger partial charge in [-0.25, -0.2) is 0 Å². The summed E-state index contributed by atoms with van der Waals surface area (Å²) in [5.74, 6) is 0.843. The summed E-state index contributed by atoms with van der Waals surface area (Å²) in [6.07, 6.45) is 1.32. The average Bonchev–Trinajstić information content (AvgIpc) is 2.91. The van der Waals surface area contributed by atoms with Gasteiger partial charge in [0.15, 0.2) is 0 Å². The number of hydrogen-bond donors (Lipinski definition) is 2. The monoisotopic (exact) mass is 285 g/mol. The Morgan fingerprint density at radius 1 is 1.26 bits per heavy atom. The number of aryl methyl sites for hydroxylation is 1. The molecule has 2 saturated heterocycles. The SMILES string of the molecule is C1C[C@H]2COC[C@H]2N1.Cc1ccc(S(=O)(=O)O)cc1. The molecule has 2 aliphatic heterocycles. The normalized spacial score (nSPS) is 25.6. The molecule has 0 radical (unpaired) electrons. The predicted octanol–water partition coefficient (Wildman–Crippen LogP) is 1.24. The smallest absolute Gasteiger partial charge is 0.294 e. The van der Waals surface area contributed by atoms with E-state index in [-0.39, 0.29) is 4.90 Å². The van der Waals surface area contributed by atoms with Gasteiger partial charge >= 0.3 is 0 Å². The van der Waals surface area contributed by atoms with Crippen LogP contribution in [0.15, 0.2) is 29.2 Å². The Morgan fingerprint density at radius 2 is 1.95 bits per heavy atom. The van der Waals surface area contributed by atoms with E-state index in [4.69, 9.17) is 9.29 Å². The number of nitrogens with one attached hydrogen (secondary N) is 1. The van der Waals surface area contributed by atoms with Crippen molar-refractivity contribution >= 4 is 10.1 Å². The van der Waals surface area contributed by atoms with Gasteiger partial charge in [0.2, 0.25) is 0 Å². The third kappa shape index (κ3) is 4.01. The van der Waals surface area contributed by atoms with Crippen molar-refractivity contribution in [2.45, 2.75) is 24.3 Å². The summed E-state index contributed by atoms with van der Waals surface area (Å²) < 4.78 is 34.8. The molecule has 1 aromatic rings. The van der Waals surface area contributed by atoms with E-state index in [0.29, 0.717) is 6.04 Å². The molecule has 2 heterocycles. The molecule has 3 rings (SSSR count). The van der Waals surface area contributed by atoms with Crippen LogP contribution in [0.1, 0.15) is 12.0 Å². The molecule has 0 bridgehead atoms. The lowest BCUT2D eigenvalue weighted by molar-refractivity contribution is 0.177. The fourth-order valence-electron chi connectivity index (χ4n) is 2.27. The van der Waals surface area contributed by atoms with Gasteiger partial charge in [0.25, 0.3) is 10.1 Å². The van der Waals surface area contributed by atoms with Gasteiger partial charge < -0.3 is 10.1 Å². The first-order chi connectivity index (χ1) is 8.97. The van der Waals surface area contributed by atoms with Crippen LogP contribution < -0.4 is 5.32 Å². The molecule has 0 unspecified atom stereocenters. The fraction of sp³-hybridized carbons (Fsp3) is 0.538. The van der Waals surface area contributed by atoms with Crippen molar-refractivity contribution in [2.24, 2.45) is 5.92 Å². The predicted molar refractivity (Wildman–Crippen MR) is 71.7 cm³/mol. The molecule has 0 aromatic heterocycles. The summed E-state index contributed by atoms with van der Waals surface area (Å²) in [7, 11) is -4.02. The number of ether oxygens (including phenoxy) is 1. The van der Waals surface area contributed by atoms with Crippen molar-refractivity contribution in [3.8, 4) is 0 Å². The van der Waals surface area contributed by atoms with Gasteiger partial charge in [-0.3, -0.25) is 4.55 Å². The van der Waals surface area contributed by atoms with Gasteiger partial charge in [-0.2, -0.15) is 8.42 Å². The van der Waals surface area contributed by atoms with Gasteiger partial charge in [-0.15, -0.1) is 0 Å². The van der Waals surface area contributed by atoms with Crippen LogP contribution in [0.2, 0.25) is 0 Å². The molecule has 106 valence electrons. The average molecular weight is 285 g/mol. The van der Waals surface area contributed by atoms with Gasteiger partial charge in [0, 0.05) is 12.0 Å². The standard InChI is InChI=1S/C7H8O3S.C6H11NO/c1-6-2-4-7(5-3-6)11(8,9)10;1-2-7-6-4-8-3-5(1)6/h2-5H,1H3,(H,8,9,10);5-7H,1-4H2/t;5-,6+/m.0/s1. The highest BCUT2D eigenvalue weighted by molar-refractivity contribution is 7.85. The van der Waals surface area contributed by atoms with Crippen LogP contribution in [0.5, 0.6) is 0 Å². The van der Waals surface area contributed by atoms with Crippen molar-refractivity contribution in [2.75, 3.05) is 19.8 Å². The Balaban J connectivity index is 0.000000146. The van der Waals surface area contributed by atoms with E-state index in [0.717, 1.165) is 24.7 Å². The minimum atomic E-state index is -4.02. The van der Waals surface area contributed by atoms with Crippen LogP contribution in [0, 0.1) is 12.8 Å².